The average molecular weight is 293 g/mol. The van der Waals surface area contributed by atoms with Gasteiger partial charge >= 0.3 is 0 Å². The molecule has 1 aromatic heterocycles. The Morgan fingerprint density at radius 1 is 1.30 bits per heavy atom. The summed E-state index contributed by atoms with van der Waals surface area (Å²) in [6.45, 7) is 0.568. The highest BCUT2D eigenvalue weighted by molar-refractivity contribution is 7.80. The van der Waals surface area contributed by atoms with E-state index in [1.54, 1.807) is 0 Å². The van der Waals surface area contributed by atoms with Gasteiger partial charge in [-0.05, 0) is 24.7 Å². The van der Waals surface area contributed by atoms with Crippen molar-refractivity contribution in [2.45, 2.75) is 25.8 Å². The number of non-ortho nitro benzene ring substituents is 1. The van der Waals surface area contributed by atoms with Crippen LogP contribution in [0.1, 0.15) is 19.3 Å². The number of hydrogen-bond donors (Lipinski definition) is 1. The Labute approximate surface area is 121 Å². The van der Waals surface area contributed by atoms with Crippen LogP contribution in [0.4, 0.5) is 5.69 Å². The zero-order valence-electron chi connectivity index (χ0n) is 10.9. The van der Waals surface area contributed by atoms with Gasteiger partial charge in [-0.25, -0.2) is 4.98 Å². The number of nitro benzene ring substituents is 1. The van der Waals surface area contributed by atoms with E-state index in [1.165, 1.54) is 29.1 Å². The minimum absolute atomic E-state index is 0.0933. The van der Waals surface area contributed by atoms with Gasteiger partial charge in [-0.15, -0.1) is 0 Å². The second-order valence-corrected chi connectivity index (χ2v) is 4.93. The molecule has 0 aliphatic heterocycles. The minimum atomic E-state index is -0.511. The number of rotatable bonds is 6. The molecule has 0 amide bonds. The molecule has 0 fully saturated rings. The van der Waals surface area contributed by atoms with Crippen molar-refractivity contribution in [2.75, 3.05) is 5.75 Å². The molecule has 2 aromatic rings. The average Bonchev–Trinajstić information content (AvgIpc) is 2.45. The van der Waals surface area contributed by atoms with Crippen molar-refractivity contribution in [1.29, 1.82) is 0 Å². The molecular formula is C13H15N3O3S. The first kappa shape index (κ1) is 14.5. The molecule has 0 aliphatic carbocycles. The van der Waals surface area contributed by atoms with Crippen LogP contribution in [0.3, 0.4) is 0 Å². The predicted molar refractivity (Wildman–Crippen MR) is 80.4 cm³/mol. The fraction of sp³-hybridized carbons (Fsp3) is 0.385. The first-order valence-corrected chi connectivity index (χ1v) is 7.01. The summed E-state index contributed by atoms with van der Waals surface area (Å²) in [5.41, 5.74) is 0.154. The van der Waals surface area contributed by atoms with E-state index in [4.69, 9.17) is 0 Å². The van der Waals surface area contributed by atoms with Crippen LogP contribution in [-0.4, -0.2) is 20.2 Å². The fourth-order valence-corrected chi connectivity index (χ4v) is 2.21. The molecule has 0 radical (unpaired) electrons. The molecular weight excluding hydrogens is 278 g/mol. The highest BCUT2D eigenvalue weighted by Gasteiger charge is 2.10. The van der Waals surface area contributed by atoms with Gasteiger partial charge < -0.3 is 0 Å². The van der Waals surface area contributed by atoms with E-state index < -0.39 is 4.92 Å². The quantitative estimate of drug-likeness (QED) is 0.384. The molecule has 1 heterocycles. The summed E-state index contributed by atoms with van der Waals surface area (Å²) in [6, 6.07) is 4.14. The highest BCUT2D eigenvalue weighted by Crippen LogP contribution is 2.16. The second kappa shape index (κ2) is 6.51. The van der Waals surface area contributed by atoms with E-state index in [0.29, 0.717) is 12.1 Å². The molecule has 0 atom stereocenters. The highest BCUT2D eigenvalue weighted by atomic mass is 32.1. The van der Waals surface area contributed by atoms with Crippen LogP contribution in [-0.2, 0) is 6.54 Å². The molecule has 7 heteroatoms. The Morgan fingerprint density at radius 3 is 2.80 bits per heavy atom. The molecule has 20 heavy (non-hydrogen) atoms. The van der Waals surface area contributed by atoms with Gasteiger partial charge in [-0.1, -0.05) is 6.42 Å². The lowest BCUT2D eigenvalue weighted by Gasteiger charge is -2.06. The number of benzene rings is 1. The largest absolute Gasteiger partial charge is 0.299 e. The zero-order valence-corrected chi connectivity index (χ0v) is 11.8. The number of nitrogens with zero attached hydrogens (tertiary/aromatic N) is 3. The van der Waals surface area contributed by atoms with Gasteiger partial charge in [-0.2, -0.15) is 12.6 Å². The van der Waals surface area contributed by atoms with Gasteiger partial charge in [0.25, 0.3) is 11.2 Å². The van der Waals surface area contributed by atoms with E-state index in [1.807, 2.05) is 0 Å². The van der Waals surface area contributed by atoms with E-state index in [2.05, 4.69) is 17.6 Å². The maximum absolute atomic E-state index is 12.3. The molecule has 1 aromatic carbocycles. The van der Waals surface area contributed by atoms with Gasteiger partial charge in [0.2, 0.25) is 0 Å². The lowest BCUT2D eigenvalue weighted by Crippen LogP contribution is -2.20. The number of unbranched alkanes of at least 4 members (excludes halogenated alkanes) is 2. The molecule has 0 aliphatic rings. The van der Waals surface area contributed by atoms with E-state index in [0.717, 1.165) is 25.0 Å². The normalized spacial score (nSPS) is 10.8. The second-order valence-electron chi connectivity index (χ2n) is 4.49. The Morgan fingerprint density at radius 2 is 2.10 bits per heavy atom. The van der Waals surface area contributed by atoms with E-state index >= 15 is 0 Å². The Hall–Kier alpha value is -1.89. The van der Waals surface area contributed by atoms with Crippen molar-refractivity contribution in [3.63, 3.8) is 0 Å². The monoisotopic (exact) mass is 293 g/mol. The Balaban J connectivity index is 2.31. The van der Waals surface area contributed by atoms with Crippen molar-refractivity contribution >= 4 is 29.2 Å². The molecule has 6 nitrogen and oxygen atoms in total. The van der Waals surface area contributed by atoms with Crippen molar-refractivity contribution < 1.29 is 4.92 Å². The topological polar surface area (TPSA) is 78.0 Å². The first-order chi connectivity index (χ1) is 9.63. The number of thiol groups is 1. The van der Waals surface area contributed by atoms with Gasteiger partial charge in [0.05, 0.1) is 22.2 Å². The molecule has 0 unspecified atom stereocenters. The number of hydrogen-bond acceptors (Lipinski definition) is 5. The Bertz CT molecular complexity index is 684. The summed E-state index contributed by atoms with van der Waals surface area (Å²) in [5.74, 6) is 0.830. The summed E-state index contributed by atoms with van der Waals surface area (Å²) in [4.78, 5) is 26.7. The summed E-state index contributed by atoms with van der Waals surface area (Å²) in [7, 11) is 0. The van der Waals surface area contributed by atoms with Gasteiger partial charge in [0.15, 0.2) is 0 Å². The van der Waals surface area contributed by atoms with Gasteiger partial charge in [0, 0.05) is 18.7 Å². The molecule has 0 bridgehead atoms. The fourth-order valence-electron chi connectivity index (χ4n) is 1.99. The molecule has 0 saturated carbocycles. The smallest absolute Gasteiger partial charge is 0.270 e. The number of nitro groups is 1. The van der Waals surface area contributed by atoms with Gasteiger partial charge in [-0.3, -0.25) is 19.5 Å². The third kappa shape index (κ3) is 3.16. The third-order valence-electron chi connectivity index (χ3n) is 3.08. The predicted octanol–water partition coefficient (Wildman–Crippen LogP) is 2.40. The number of aryl methyl sites for hydroxylation is 1. The molecule has 106 valence electrons. The lowest BCUT2D eigenvalue weighted by molar-refractivity contribution is -0.384. The number of aromatic nitrogens is 2. The lowest BCUT2D eigenvalue weighted by atomic mass is 10.2. The van der Waals surface area contributed by atoms with Crippen molar-refractivity contribution in [3.05, 3.63) is 45.0 Å². The molecule has 0 spiro atoms. The van der Waals surface area contributed by atoms with Crippen LogP contribution in [0.2, 0.25) is 0 Å². The number of fused-ring (bicyclic) bond motifs is 1. The van der Waals surface area contributed by atoms with Crippen LogP contribution in [0.5, 0.6) is 0 Å². The van der Waals surface area contributed by atoms with Crippen LogP contribution in [0.15, 0.2) is 29.3 Å². The first-order valence-electron chi connectivity index (χ1n) is 6.38. The molecule has 2 rings (SSSR count). The molecule has 0 N–H and O–H groups in total. The SMILES string of the molecule is O=c1c2cc([N+](=O)[O-])ccc2ncn1CCCCCS. The summed E-state index contributed by atoms with van der Waals surface area (Å²) in [6.07, 6.45) is 4.35. The standard InChI is InChI=1S/C13H15N3O3S/c17-13-11-8-10(16(18)19)4-5-12(11)14-9-15(13)6-2-1-3-7-20/h4-5,8-9,20H,1-3,6-7H2. The van der Waals surface area contributed by atoms with Crippen molar-refractivity contribution in [1.82, 2.24) is 9.55 Å². The zero-order chi connectivity index (χ0) is 14.5. The van der Waals surface area contributed by atoms with Crippen LogP contribution < -0.4 is 5.56 Å². The molecule has 0 saturated heterocycles. The maximum Gasteiger partial charge on any atom is 0.270 e. The third-order valence-corrected chi connectivity index (χ3v) is 3.39. The van der Waals surface area contributed by atoms with Crippen LogP contribution in [0, 0.1) is 10.1 Å². The van der Waals surface area contributed by atoms with Gasteiger partial charge in [0.1, 0.15) is 0 Å². The van der Waals surface area contributed by atoms with Crippen LogP contribution >= 0.6 is 12.6 Å². The minimum Gasteiger partial charge on any atom is -0.299 e. The maximum atomic E-state index is 12.3. The Kier molecular flexibility index (Phi) is 4.73. The summed E-state index contributed by atoms with van der Waals surface area (Å²) in [5, 5.41) is 11.0. The summed E-state index contributed by atoms with van der Waals surface area (Å²) >= 11 is 4.14. The van der Waals surface area contributed by atoms with Crippen molar-refractivity contribution in [3.8, 4) is 0 Å². The van der Waals surface area contributed by atoms with E-state index in [9.17, 15) is 14.9 Å². The summed E-state index contributed by atoms with van der Waals surface area (Å²) < 4.78 is 1.50. The van der Waals surface area contributed by atoms with Crippen LogP contribution in [0.25, 0.3) is 10.9 Å². The van der Waals surface area contributed by atoms with E-state index in [-0.39, 0.29) is 16.6 Å². The van der Waals surface area contributed by atoms with Crippen molar-refractivity contribution in [2.24, 2.45) is 0 Å².